The van der Waals surface area contributed by atoms with Crippen LogP contribution >= 0.6 is 0 Å². The number of rotatable bonds is 1. The summed E-state index contributed by atoms with van der Waals surface area (Å²) in [5.74, 6) is -1.84. The molecule has 2 aliphatic heterocycles. The molecule has 0 saturated carbocycles. The third-order valence-electron chi connectivity index (χ3n) is 3.17. The van der Waals surface area contributed by atoms with Crippen molar-refractivity contribution in [1.29, 1.82) is 0 Å². The third kappa shape index (κ3) is 2.09. The van der Waals surface area contributed by atoms with Crippen LogP contribution in [0.4, 0.5) is 13.2 Å². The lowest BCUT2D eigenvalue weighted by Gasteiger charge is -2.35. The predicted molar refractivity (Wildman–Crippen MR) is 46.9 cm³/mol. The maximum absolute atomic E-state index is 12.1. The summed E-state index contributed by atoms with van der Waals surface area (Å²) in [6, 6.07) is 0.271. The van der Waals surface area contributed by atoms with E-state index in [4.69, 9.17) is 0 Å². The number of hydrogen-bond donors (Lipinski definition) is 2. The van der Waals surface area contributed by atoms with Crippen molar-refractivity contribution in [2.24, 2.45) is 0 Å². The number of fused-ring (bicyclic) bond motifs is 2. The molecule has 0 aromatic rings. The molecule has 0 aromatic carbocycles. The highest BCUT2D eigenvalue weighted by atomic mass is 19.4. The van der Waals surface area contributed by atoms with Gasteiger partial charge in [0.1, 0.15) is 0 Å². The maximum atomic E-state index is 12.1. The second kappa shape index (κ2) is 3.37. The van der Waals surface area contributed by atoms with Gasteiger partial charge in [0.25, 0.3) is 0 Å². The number of carbonyl (C=O) groups excluding carboxylic acids is 1. The molecule has 2 bridgehead atoms. The molecule has 15 heavy (non-hydrogen) atoms. The molecule has 2 rings (SSSR count). The first-order chi connectivity index (χ1) is 6.91. The first-order valence-corrected chi connectivity index (χ1v) is 5.08. The molecule has 2 atom stereocenters. The number of hydrogen-bond acceptors (Lipinski definition) is 2. The molecule has 2 fully saturated rings. The van der Waals surface area contributed by atoms with Crippen molar-refractivity contribution < 1.29 is 18.0 Å². The zero-order valence-electron chi connectivity index (χ0n) is 8.16. The Morgan fingerprint density at radius 1 is 1.33 bits per heavy atom. The van der Waals surface area contributed by atoms with Gasteiger partial charge >= 0.3 is 12.1 Å². The van der Waals surface area contributed by atoms with Crippen molar-refractivity contribution in [1.82, 2.24) is 10.6 Å². The van der Waals surface area contributed by atoms with Crippen LogP contribution in [0.3, 0.4) is 0 Å². The Bertz CT molecular complexity index is 275. The predicted octanol–water partition coefficient (Wildman–Crippen LogP) is 1.30. The van der Waals surface area contributed by atoms with E-state index in [1.54, 1.807) is 0 Å². The summed E-state index contributed by atoms with van der Waals surface area (Å²) >= 11 is 0. The van der Waals surface area contributed by atoms with Gasteiger partial charge in [0.05, 0.1) is 5.66 Å². The minimum absolute atomic E-state index is 0.271. The molecule has 1 amide bonds. The molecule has 3 nitrogen and oxygen atoms in total. The minimum Gasteiger partial charge on any atom is -0.330 e. The summed E-state index contributed by atoms with van der Waals surface area (Å²) in [4.78, 5) is 10.8. The molecule has 6 heteroatoms. The molecular formula is C9H13F3N2O. The Labute approximate surface area is 85.4 Å². The van der Waals surface area contributed by atoms with Crippen molar-refractivity contribution in [2.45, 2.75) is 50.0 Å². The van der Waals surface area contributed by atoms with Crippen LogP contribution in [-0.4, -0.2) is 23.8 Å². The maximum Gasteiger partial charge on any atom is 0.471 e. The minimum atomic E-state index is -4.79. The SMILES string of the molecule is O=C(N[C@]12CCC[C@H](CC1)N2)C(F)(F)F. The number of nitrogens with one attached hydrogen (secondary N) is 2. The first kappa shape index (κ1) is 10.7. The van der Waals surface area contributed by atoms with Gasteiger partial charge in [-0.05, 0) is 32.1 Å². The second-order valence-electron chi connectivity index (χ2n) is 4.31. The van der Waals surface area contributed by atoms with E-state index in [2.05, 4.69) is 10.6 Å². The van der Waals surface area contributed by atoms with Gasteiger partial charge in [-0.25, -0.2) is 0 Å². The van der Waals surface area contributed by atoms with E-state index in [0.29, 0.717) is 12.8 Å². The van der Waals surface area contributed by atoms with Crippen LogP contribution in [0.15, 0.2) is 0 Å². The van der Waals surface area contributed by atoms with E-state index < -0.39 is 17.7 Å². The van der Waals surface area contributed by atoms with Crippen molar-refractivity contribution in [3.63, 3.8) is 0 Å². The molecule has 0 radical (unpaired) electrons. The summed E-state index contributed by atoms with van der Waals surface area (Å²) in [6.07, 6.45) is -0.894. The quantitative estimate of drug-likeness (QED) is 0.702. The number of carbonyl (C=O) groups is 1. The van der Waals surface area contributed by atoms with Crippen molar-refractivity contribution in [3.8, 4) is 0 Å². The molecule has 0 spiro atoms. The summed E-state index contributed by atoms with van der Waals surface area (Å²) in [5.41, 5.74) is -0.796. The van der Waals surface area contributed by atoms with Gasteiger partial charge < -0.3 is 5.32 Å². The van der Waals surface area contributed by atoms with Crippen LogP contribution in [0, 0.1) is 0 Å². The van der Waals surface area contributed by atoms with Crippen LogP contribution in [0.2, 0.25) is 0 Å². The molecule has 2 heterocycles. The highest BCUT2D eigenvalue weighted by molar-refractivity contribution is 5.82. The zero-order chi connectivity index (χ0) is 11.1. The van der Waals surface area contributed by atoms with Gasteiger partial charge in [0, 0.05) is 6.04 Å². The van der Waals surface area contributed by atoms with Gasteiger partial charge in [-0.3, -0.25) is 10.1 Å². The van der Waals surface area contributed by atoms with Crippen LogP contribution in [0.5, 0.6) is 0 Å². The van der Waals surface area contributed by atoms with E-state index in [1.165, 1.54) is 0 Å². The standard InChI is InChI=1S/C9H13F3N2O/c10-9(11,12)7(15)14-8-4-1-2-6(13-8)3-5-8/h6,13H,1-5H2,(H,14,15)/t6-,8-/m1/s1. The molecular weight excluding hydrogens is 209 g/mol. The fourth-order valence-electron chi connectivity index (χ4n) is 2.47. The normalized spacial score (nSPS) is 35.3. The smallest absolute Gasteiger partial charge is 0.330 e. The molecule has 2 saturated heterocycles. The Kier molecular flexibility index (Phi) is 2.41. The van der Waals surface area contributed by atoms with Crippen molar-refractivity contribution >= 4 is 5.91 Å². The third-order valence-corrected chi connectivity index (χ3v) is 3.17. The van der Waals surface area contributed by atoms with E-state index in [0.717, 1.165) is 19.3 Å². The lowest BCUT2D eigenvalue weighted by atomic mass is 9.99. The van der Waals surface area contributed by atoms with Crippen LogP contribution in [-0.2, 0) is 4.79 Å². The van der Waals surface area contributed by atoms with Crippen LogP contribution in [0.1, 0.15) is 32.1 Å². The van der Waals surface area contributed by atoms with Crippen molar-refractivity contribution in [2.75, 3.05) is 0 Å². The fourth-order valence-corrected chi connectivity index (χ4v) is 2.47. The molecule has 0 aromatic heterocycles. The second-order valence-corrected chi connectivity index (χ2v) is 4.31. The highest BCUT2D eigenvalue weighted by Gasteiger charge is 2.47. The van der Waals surface area contributed by atoms with Crippen molar-refractivity contribution in [3.05, 3.63) is 0 Å². The fraction of sp³-hybridized carbons (Fsp3) is 0.889. The van der Waals surface area contributed by atoms with Gasteiger partial charge in [-0.15, -0.1) is 0 Å². The monoisotopic (exact) mass is 222 g/mol. The van der Waals surface area contributed by atoms with Gasteiger partial charge in [-0.1, -0.05) is 0 Å². The van der Waals surface area contributed by atoms with Gasteiger partial charge in [0.2, 0.25) is 0 Å². The van der Waals surface area contributed by atoms with E-state index in [9.17, 15) is 18.0 Å². The molecule has 0 aliphatic carbocycles. The molecule has 2 N–H and O–H groups in total. The number of piperidine rings is 1. The molecule has 0 unspecified atom stereocenters. The summed E-state index contributed by atoms with van der Waals surface area (Å²) in [7, 11) is 0. The van der Waals surface area contributed by atoms with Crippen LogP contribution < -0.4 is 10.6 Å². The van der Waals surface area contributed by atoms with Gasteiger partial charge in [0.15, 0.2) is 0 Å². The zero-order valence-corrected chi connectivity index (χ0v) is 8.16. The molecule has 86 valence electrons. The molecule has 2 aliphatic rings. The van der Waals surface area contributed by atoms with Crippen LogP contribution in [0.25, 0.3) is 0 Å². The van der Waals surface area contributed by atoms with E-state index in [1.807, 2.05) is 0 Å². The highest BCUT2D eigenvalue weighted by Crippen LogP contribution is 2.34. The first-order valence-electron chi connectivity index (χ1n) is 5.08. The Balaban J connectivity index is 2.02. The Hall–Kier alpha value is -0.780. The lowest BCUT2D eigenvalue weighted by Crippen LogP contribution is -2.61. The average molecular weight is 222 g/mol. The topological polar surface area (TPSA) is 41.1 Å². The lowest BCUT2D eigenvalue weighted by molar-refractivity contribution is -0.176. The summed E-state index contributed by atoms with van der Waals surface area (Å²) in [6.45, 7) is 0. The Morgan fingerprint density at radius 3 is 2.73 bits per heavy atom. The van der Waals surface area contributed by atoms with Gasteiger partial charge in [-0.2, -0.15) is 13.2 Å². The summed E-state index contributed by atoms with van der Waals surface area (Å²) < 4.78 is 36.3. The Morgan fingerprint density at radius 2 is 2.07 bits per heavy atom. The van der Waals surface area contributed by atoms with E-state index >= 15 is 0 Å². The number of halogens is 3. The average Bonchev–Trinajstić information content (AvgIpc) is 2.40. The summed E-state index contributed by atoms with van der Waals surface area (Å²) in [5, 5.41) is 5.16. The largest absolute Gasteiger partial charge is 0.471 e. The number of alkyl halides is 3. The van der Waals surface area contributed by atoms with E-state index in [-0.39, 0.29) is 6.04 Å². The number of amides is 1.